The Labute approximate surface area is 97.8 Å². The summed E-state index contributed by atoms with van der Waals surface area (Å²) < 4.78 is 4.97. The van der Waals surface area contributed by atoms with Crippen molar-refractivity contribution in [2.75, 3.05) is 20.3 Å². The van der Waals surface area contributed by atoms with Gasteiger partial charge in [-0.25, -0.2) is 5.84 Å². The number of hydrogen-bond acceptors (Lipinski definition) is 3. The summed E-state index contributed by atoms with van der Waals surface area (Å²) in [4.78, 5) is 4.37. The molecule has 1 fully saturated rings. The Morgan fingerprint density at radius 3 is 2.88 bits per heavy atom. The molecule has 0 aromatic rings. The van der Waals surface area contributed by atoms with Gasteiger partial charge in [0.15, 0.2) is 0 Å². The molecule has 0 spiro atoms. The van der Waals surface area contributed by atoms with Gasteiger partial charge in [-0.3, -0.25) is 10.4 Å². The molecule has 0 aliphatic heterocycles. The minimum Gasteiger partial charge on any atom is -0.385 e. The molecule has 1 saturated carbocycles. The molecule has 2 unspecified atom stereocenters. The zero-order valence-corrected chi connectivity index (χ0v) is 10.3. The maximum absolute atomic E-state index is 5.44. The summed E-state index contributed by atoms with van der Waals surface area (Å²) in [6, 6.07) is 0.511. The fourth-order valence-electron chi connectivity index (χ4n) is 2.07. The van der Waals surface area contributed by atoms with Crippen LogP contribution < -0.4 is 16.6 Å². The fraction of sp³-hybridized carbons (Fsp3) is 0.909. The molecule has 5 nitrogen and oxygen atoms in total. The topological polar surface area (TPSA) is 71.7 Å². The van der Waals surface area contributed by atoms with Gasteiger partial charge in [0.1, 0.15) is 0 Å². The van der Waals surface area contributed by atoms with Gasteiger partial charge in [-0.1, -0.05) is 13.3 Å². The molecule has 1 aliphatic carbocycles. The molecule has 0 amide bonds. The van der Waals surface area contributed by atoms with E-state index in [0.29, 0.717) is 17.9 Å². The van der Waals surface area contributed by atoms with Gasteiger partial charge < -0.3 is 10.1 Å². The Balaban J connectivity index is 2.29. The second kappa shape index (κ2) is 7.46. The summed E-state index contributed by atoms with van der Waals surface area (Å²) in [7, 11) is 1.70. The summed E-state index contributed by atoms with van der Waals surface area (Å²) >= 11 is 0. The maximum atomic E-state index is 5.44. The lowest BCUT2D eigenvalue weighted by atomic mass is 10.1. The Kier molecular flexibility index (Phi) is 6.18. The van der Waals surface area contributed by atoms with E-state index in [1.165, 1.54) is 19.3 Å². The van der Waals surface area contributed by atoms with Crippen LogP contribution in [0.3, 0.4) is 0 Å². The molecule has 1 rings (SSSR count). The van der Waals surface area contributed by atoms with Crippen LogP contribution >= 0.6 is 0 Å². The van der Waals surface area contributed by atoms with Crippen LogP contribution in [-0.2, 0) is 4.74 Å². The van der Waals surface area contributed by atoms with E-state index in [1.807, 2.05) is 0 Å². The molecule has 0 aromatic heterocycles. The highest BCUT2D eigenvalue weighted by molar-refractivity contribution is 5.79. The van der Waals surface area contributed by atoms with E-state index >= 15 is 0 Å². The van der Waals surface area contributed by atoms with E-state index < -0.39 is 0 Å². The molecule has 94 valence electrons. The minimum absolute atomic E-state index is 0.511. The van der Waals surface area contributed by atoms with E-state index in [-0.39, 0.29) is 0 Å². The quantitative estimate of drug-likeness (QED) is 0.212. The van der Waals surface area contributed by atoms with Crippen molar-refractivity contribution in [1.29, 1.82) is 0 Å². The average Bonchev–Trinajstić information content (AvgIpc) is 2.68. The fourth-order valence-corrected chi connectivity index (χ4v) is 2.07. The van der Waals surface area contributed by atoms with Crippen LogP contribution in [0.4, 0.5) is 0 Å². The number of nitrogens with zero attached hydrogens (tertiary/aromatic N) is 1. The van der Waals surface area contributed by atoms with E-state index in [2.05, 4.69) is 22.7 Å². The first-order valence-electron chi connectivity index (χ1n) is 6.04. The average molecular weight is 228 g/mol. The van der Waals surface area contributed by atoms with Gasteiger partial charge in [0.25, 0.3) is 0 Å². The van der Waals surface area contributed by atoms with Crippen molar-refractivity contribution >= 4 is 5.96 Å². The van der Waals surface area contributed by atoms with Crippen LogP contribution in [0.2, 0.25) is 0 Å². The summed E-state index contributed by atoms with van der Waals surface area (Å²) in [5, 5.41) is 3.37. The predicted molar refractivity (Wildman–Crippen MR) is 66.1 cm³/mol. The maximum Gasteiger partial charge on any atom is 0.205 e. The van der Waals surface area contributed by atoms with E-state index in [1.54, 1.807) is 7.11 Å². The monoisotopic (exact) mass is 228 g/mol. The molecule has 5 heteroatoms. The van der Waals surface area contributed by atoms with Gasteiger partial charge >= 0.3 is 0 Å². The Morgan fingerprint density at radius 1 is 1.50 bits per heavy atom. The highest BCUT2D eigenvalue weighted by Crippen LogP contribution is 2.24. The van der Waals surface area contributed by atoms with Gasteiger partial charge in [0.2, 0.25) is 5.96 Å². The number of guanidine groups is 1. The highest BCUT2D eigenvalue weighted by atomic mass is 16.5. The molecule has 0 heterocycles. The lowest BCUT2D eigenvalue weighted by molar-refractivity contribution is 0.197. The number of hydrogen-bond donors (Lipinski definition) is 3. The number of methoxy groups -OCH3 is 1. The van der Waals surface area contributed by atoms with Crippen LogP contribution in [0.25, 0.3) is 0 Å². The first-order valence-corrected chi connectivity index (χ1v) is 6.04. The molecule has 16 heavy (non-hydrogen) atoms. The summed E-state index contributed by atoms with van der Waals surface area (Å²) in [6.45, 7) is 3.74. The lowest BCUT2D eigenvalue weighted by Gasteiger charge is -2.19. The predicted octanol–water partition coefficient (Wildman–Crippen LogP) is 0.620. The summed E-state index contributed by atoms with van der Waals surface area (Å²) in [5.74, 6) is 6.85. The van der Waals surface area contributed by atoms with E-state index in [9.17, 15) is 0 Å². The number of ether oxygens (including phenoxy) is 1. The van der Waals surface area contributed by atoms with Crippen LogP contribution in [0.15, 0.2) is 4.99 Å². The standard InChI is InChI=1S/C11H24N4O/c1-9-5-3-6-10(9)14-11(15-12)13-7-4-8-16-2/h9-10H,3-8,12H2,1-2H3,(H2,13,14,15). The minimum atomic E-state index is 0.511. The third-order valence-corrected chi connectivity index (χ3v) is 3.10. The van der Waals surface area contributed by atoms with Crippen LogP contribution in [0.5, 0.6) is 0 Å². The molecule has 0 bridgehead atoms. The molecule has 0 saturated heterocycles. The summed E-state index contributed by atoms with van der Waals surface area (Å²) in [5.41, 5.74) is 2.62. The van der Waals surface area contributed by atoms with Crippen molar-refractivity contribution in [2.24, 2.45) is 16.8 Å². The van der Waals surface area contributed by atoms with Gasteiger partial charge in [-0.2, -0.15) is 0 Å². The molecule has 0 aromatic carbocycles. The van der Waals surface area contributed by atoms with Crippen molar-refractivity contribution in [1.82, 2.24) is 10.7 Å². The van der Waals surface area contributed by atoms with Gasteiger partial charge in [-0.05, 0) is 25.2 Å². The molecule has 0 radical (unpaired) electrons. The first-order chi connectivity index (χ1) is 7.77. The number of hydrazine groups is 1. The second-order valence-corrected chi connectivity index (χ2v) is 4.38. The zero-order valence-electron chi connectivity index (χ0n) is 10.3. The Morgan fingerprint density at radius 2 is 2.31 bits per heavy atom. The normalized spacial score (nSPS) is 25.8. The van der Waals surface area contributed by atoms with Crippen molar-refractivity contribution in [3.8, 4) is 0 Å². The van der Waals surface area contributed by atoms with Crippen LogP contribution in [0.1, 0.15) is 32.6 Å². The highest BCUT2D eigenvalue weighted by Gasteiger charge is 2.23. The lowest BCUT2D eigenvalue weighted by Crippen LogP contribution is -2.47. The van der Waals surface area contributed by atoms with Gasteiger partial charge in [-0.15, -0.1) is 0 Å². The Bertz CT molecular complexity index is 220. The van der Waals surface area contributed by atoms with Gasteiger partial charge in [0.05, 0.1) is 0 Å². The first kappa shape index (κ1) is 13.3. The number of nitrogens with two attached hydrogens (primary N) is 1. The van der Waals surface area contributed by atoms with E-state index in [4.69, 9.17) is 10.6 Å². The second-order valence-electron chi connectivity index (χ2n) is 4.38. The number of rotatable bonds is 5. The number of nitrogens with one attached hydrogen (secondary N) is 2. The van der Waals surface area contributed by atoms with Crippen molar-refractivity contribution in [3.63, 3.8) is 0 Å². The third-order valence-electron chi connectivity index (χ3n) is 3.10. The van der Waals surface area contributed by atoms with Crippen molar-refractivity contribution < 1.29 is 4.74 Å². The zero-order chi connectivity index (χ0) is 11.8. The molecule has 2 atom stereocenters. The van der Waals surface area contributed by atoms with Crippen LogP contribution in [0, 0.1) is 5.92 Å². The largest absolute Gasteiger partial charge is 0.385 e. The Hall–Kier alpha value is -0.810. The van der Waals surface area contributed by atoms with E-state index in [0.717, 1.165) is 19.6 Å². The van der Waals surface area contributed by atoms with Crippen LogP contribution in [-0.4, -0.2) is 32.3 Å². The molecular weight excluding hydrogens is 204 g/mol. The van der Waals surface area contributed by atoms with Crippen molar-refractivity contribution in [2.45, 2.75) is 38.6 Å². The third kappa shape index (κ3) is 4.37. The molecule has 1 aliphatic rings. The SMILES string of the molecule is COCCCN=C(NN)NC1CCCC1C. The summed E-state index contributed by atoms with van der Waals surface area (Å²) in [6.07, 6.45) is 4.71. The number of aliphatic imine (C=N–C) groups is 1. The smallest absolute Gasteiger partial charge is 0.205 e. The molecule has 4 N–H and O–H groups in total. The molecular formula is C11H24N4O. The van der Waals surface area contributed by atoms with Crippen molar-refractivity contribution in [3.05, 3.63) is 0 Å². The van der Waals surface area contributed by atoms with Gasteiger partial charge in [0, 0.05) is 26.3 Å².